The Balaban J connectivity index is 0.000000139. The van der Waals surface area contributed by atoms with Crippen LogP contribution >= 0.6 is 0 Å². The Kier molecular flexibility index (Phi) is 28.0. The lowest BCUT2D eigenvalue weighted by Gasteiger charge is -2.35. The normalized spacial score (nSPS) is 14.4. The Morgan fingerprint density at radius 3 is 1.12 bits per heavy atom. The minimum Gasteiger partial charge on any atom is -0.494 e. The van der Waals surface area contributed by atoms with Crippen molar-refractivity contribution in [3.05, 3.63) is 224 Å². The number of nitrogens with zero attached hydrogens (tertiary/aromatic N) is 16. The number of aromatic nitrogens is 12. The number of rotatable bonds is 22. The Labute approximate surface area is 741 Å². The first-order chi connectivity index (χ1) is 61.4. The minimum absolute atomic E-state index is 0.0709. The summed E-state index contributed by atoms with van der Waals surface area (Å²) in [6.45, 7) is 42.5. The molecule has 14 aromatic rings. The van der Waals surface area contributed by atoms with Crippen LogP contribution in [-0.2, 0) is 23.6 Å². The predicted octanol–water partition coefficient (Wildman–Crippen LogP) is 19.9. The number of ether oxygens (including phenoxy) is 5. The molecular weight excluding hydrogens is 1640 g/mol. The van der Waals surface area contributed by atoms with Gasteiger partial charge in [0.2, 0.25) is 0 Å². The summed E-state index contributed by atoms with van der Waals surface area (Å²) in [5.41, 5.74) is 13.4. The van der Waals surface area contributed by atoms with Gasteiger partial charge in [-0.05, 0) is 277 Å². The lowest BCUT2D eigenvalue weighted by Crippen LogP contribution is -2.49. The second-order valence-corrected chi connectivity index (χ2v) is 32.3. The highest BCUT2D eigenvalue weighted by atomic mass is 19.4. The zero-order chi connectivity index (χ0) is 91.2. The molecule has 0 radical (unpaired) electrons. The van der Waals surface area contributed by atoms with Gasteiger partial charge < -0.3 is 76.6 Å². The molecule has 0 spiro atoms. The van der Waals surface area contributed by atoms with E-state index in [2.05, 4.69) is 165 Å². The molecule has 9 aromatic heterocycles. The van der Waals surface area contributed by atoms with Crippen molar-refractivity contribution in [2.45, 2.75) is 155 Å². The number of nitrogens with one attached hydrogen (secondary N) is 2. The van der Waals surface area contributed by atoms with E-state index in [9.17, 15) is 31.1 Å². The number of amides is 1. The van der Waals surface area contributed by atoms with Crippen LogP contribution in [0.3, 0.4) is 0 Å². The predicted molar refractivity (Wildman–Crippen MR) is 489 cm³/mol. The number of alkyl halides is 6. The molecule has 0 aliphatic carbocycles. The minimum atomic E-state index is -4.92. The van der Waals surface area contributed by atoms with Gasteiger partial charge >= 0.3 is 12.4 Å². The van der Waals surface area contributed by atoms with Crippen LogP contribution in [0.25, 0.3) is 65.8 Å². The second kappa shape index (κ2) is 39.2. The van der Waals surface area contributed by atoms with E-state index in [0.717, 1.165) is 158 Å². The molecule has 17 rings (SSSR count). The van der Waals surface area contributed by atoms with Crippen LogP contribution in [0.2, 0.25) is 0 Å². The average Bonchev–Trinajstić information content (AvgIpc) is 1.60. The van der Waals surface area contributed by atoms with Crippen molar-refractivity contribution in [3.8, 4) is 45.7 Å². The highest BCUT2D eigenvalue weighted by molar-refractivity contribution is 6.02. The first kappa shape index (κ1) is 91.4. The van der Waals surface area contributed by atoms with Crippen LogP contribution in [0.1, 0.15) is 143 Å². The number of fused-ring (bicyclic) bond motifs is 4. The zero-order valence-electron chi connectivity index (χ0n) is 75.8. The van der Waals surface area contributed by atoms with Gasteiger partial charge in [-0.25, -0.2) is 0 Å². The monoisotopic (exact) mass is 1750 g/mol. The molecule has 31 heteroatoms. The van der Waals surface area contributed by atoms with Gasteiger partial charge in [-0.1, -0.05) is 0 Å². The average molecular weight is 1760 g/mol. The van der Waals surface area contributed by atoms with Crippen molar-refractivity contribution in [2.24, 2.45) is 0 Å². The third kappa shape index (κ3) is 19.1. The van der Waals surface area contributed by atoms with Gasteiger partial charge in [0.15, 0.2) is 29.0 Å². The number of hydrogen-bond donors (Lipinski definition) is 2. The number of likely N-dealkylation sites (tertiary alicyclic amines) is 1. The molecule has 674 valence electrons. The van der Waals surface area contributed by atoms with E-state index < -0.39 is 23.5 Å². The zero-order valence-corrected chi connectivity index (χ0v) is 75.8. The molecule has 1 atom stereocenters. The van der Waals surface area contributed by atoms with Crippen LogP contribution in [-0.4, -0.2) is 180 Å². The second-order valence-electron chi connectivity index (χ2n) is 32.3. The summed E-state index contributed by atoms with van der Waals surface area (Å²) in [5.74, 6) is 6.66. The van der Waals surface area contributed by atoms with Gasteiger partial charge in [0.1, 0.15) is 23.0 Å². The van der Waals surface area contributed by atoms with Gasteiger partial charge in [0.25, 0.3) is 5.91 Å². The molecule has 3 aliphatic rings. The van der Waals surface area contributed by atoms with E-state index in [1.54, 1.807) is 19.1 Å². The lowest BCUT2D eigenvalue weighted by molar-refractivity contribution is -0.143. The van der Waals surface area contributed by atoms with Gasteiger partial charge in [-0.3, -0.25) is 4.79 Å². The van der Waals surface area contributed by atoms with Crippen molar-refractivity contribution in [1.29, 1.82) is 0 Å². The Morgan fingerprint density at radius 1 is 0.422 bits per heavy atom. The first-order valence-electron chi connectivity index (χ1n) is 43.6. The van der Waals surface area contributed by atoms with Gasteiger partial charge in [0.05, 0.1) is 79.8 Å². The largest absolute Gasteiger partial charge is 0.494 e. The smallest absolute Gasteiger partial charge is 0.416 e. The lowest BCUT2D eigenvalue weighted by atomic mass is 10.0. The highest BCUT2D eigenvalue weighted by Crippen LogP contribution is 2.43. The number of aryl methyl sites for hydroxylation is 12. The molecule has 3 saturated heterocycles. The Morgan fingerprint density at radius 2 is 0.773 bits per heavy atom. The van der Waals surface area contributed by atoms with Crippen molar-refractivity contribution in [2.75, 3.05) is 119 Å². The molecule has 1 unspecified atom stereocenters. The topological polar surface area (TPSA) is 236 Å². The molecule has 3 fully saturated rings. The summed E-state index contributed by atoms with van der Waals surface area (Å²) in [4.78, 5) is 21.5. The first-order valence-corrected chi connectivity index (χ1v) is 43.6. The number of furan rings is 1. The third-order valence-electron chi connectivity index (χ3n) is 24.2. The Bertz CT molecular complexity index is 6220. The molecule has 2 N–H and O–H groups in total. The molecule has 5 aromatic carbocycles. The van der Waals surface area contributed by atoms with Gasteiger partial charge in [0, 0.05) is 170 Å². The van der Waals surface area contributed by atoms with E-state index in [4.69, 9.17) is 28.1 Å². The maximum Gasteiger partial charge on any atom is 0.416 e. The molecule has 0 bridgehead atoms. The van der Waals surface area contributed by atoms with Crippen molar-refractivity contribution < 1.29 is 59.2 Å². The van der Waals surface area contributed by atoms with Crippen LogP contribution in [0.15, 0.2) is 138 Å². The standard InChI is InChI=1S/C26H24F6N4O.C26H29N5O3.C24H33N5O.C21H26N4O2/c1-5-37-21-8-6-20(7-9-21)36-15(3)22-14(2)34-35-24(23(22)16(36)4)33-13-17-10-18(25(27,28)29)12-19(11-17)26(30,31)32;1-5-33-21-10-8-20(9-11-21)31-18(3)23-17(2)27-28-25(24(23)19(31)4)29-12-14-30(15-13-29)26(32)22-7-6-16-34-22;1-6-30-21-11-9-20(10-12-21)29-17(3)22-16(2)26-27-24(23(22)18(29)4)25-14-13-19-8-7-15-28(19)5;1-5-27-18-8-6-17(7-9-18)25-15(3)19-14(2)22-23-21(20(19)16(25)4)24-10-12-26-13-11-24/h6-12H,5,13H2,1-4H3,(H,33,35);6-11,16H,5,12-15H2,1-4H3;9-12,19H,6-8,13-15H2,1-5H3,(H,25,27);6-9H,5,10-13H2,1-4H3. The fourth-order valence-electron chi connectivity index (χ4n) is 18.3. The van der Waals surface area contributed by atoms with Crippen molar-refractivity contribution in [1.82, 2.24) is 68.9 Å². The number of benzene rings is 5. The molecule has 1 amide bonds. The third-order valence-corrected chi connectivity index (χ3v) is 24.2. The van der Waals surface area contributed by atoms with E-state index in [0.29, 0.717) is 87.6 Å². The van der Waals surface area contributed by atoms with E-state index in [1.807, 2.05) is 132 Å². The molecule has 12 heterocycles. The summed E-state index contributed by atoms with van der Waals surface area (Å²) in [7, 11) is 2.23. The molecule has 3 aliphatic heterocycles. The van der Waals surface area contributed by atoms with E-state index in [1.165, 1.54) is 70.0 Å². The summed E-state index contributed by atoms with van der Waals surface area (Å²) >= 11 is 0. The number of hydrogen-bond acceptors (Lipinski definition) is 20. The number of anilines is 4. The number of carbonyl (C=O) groups is 1. The molecule has 25 nitrogen and oxygen atoms in total. The van der Waals surface area contributed by atoms with Crippen LogP contribution in [0.4, 0.5) is 49.6 Å². The van der Waals surface area contributed by atoms with Crippen molar-refractivity contribution in [3.63, 3.8) is 0 Å². The molecular formula is C97H112F6N18O7. The number of morpholine rings is 1. The summed E-state index contributed by atoms with van der Waals surface area (Å²) < 4.78 is 122. The summed E-state index contributed by atoms with van der Waals surface area (Å²) in [6.07, 6.45) is -4.59. The molecule has 128 heavy (non-hydrogen) atoms. The van der Waals surface area contributed by atoms with Crippen LogP contribution < -0.4 is 39.4 Å². The highest BCUT2D eigenvalue weighted by Gasteiger charge is 2.38. The SMILES string of the molecule is CCOc1ccc(-n2c(C)c3c(C)nnc(N4CCN(C(=O)c5ccco5)CC4)c3c2C)cc1.CCOc1ccc(-n2c(C)c3c(C)nnc(N4CCOCC4)c3c2C)cc1.CCOc1ccc(-n2c(C)c3c(C)nnc(NCCC4CCCN4C)c3c2C)cc1.CCOc1ccc(-n2c(C)c3c(C)nnc(NCc4cc(C(F)(F)F)cc(C(F)(F)F)c4)c3c2C)cc1. The fourth-order valence-corrected chi connectivity index (χ4v) is 18.3. The van der Waals surface area contributed by atoms with E-state index in [-0.39, 0.29) is 29.9 Å². The fraction of sp³-hybridized carbons (Fsp3) is 0.392. The Hall–Kier alpha value is -12.8. The van der Waals surface area contributed by atoms with Crippen molar-refractivity contribution >= 4 is 72.3 Å². The van der Waals surface area contributed by atoms with Gasteiger partial charge in [-0.15, -0.1) is 20.4 Å². The van der Waals surface area contributed by atoms with E-state index >= 15 is 0 Å². The van der Waals surface area contributed by atoms with Crippen LogP contribution in [0, 0.1) is 83.1 Å². The summed E-state index contributed by atoms with van der Waals surface area (Å²) in [5, 5.41) is 50.5. The molecule has 0 saturated carbocycles. The van der Waals surface area contributed by atoms with Gasteiger partial charge in [-0.2, -0.15) is 46.7 Å². The summed E-state index contributed by atoms with van der Waals surface area (Å²) in [6, 6.07) is 37.8. The van der Waals surface area contributed by atoms with Crippen LogP contribution in [0.5, 0.6) is 23.0 Å². The quantitative estimate of drug-likeness (QED) is 0.0600. The maximum absolute atomic E-state index is 13.3. The number of halogens is 6. The number of carbonyl (C=O) groups excluding carboxylic acids is 1. The maximum atomic E-state index is 13.3. The number of piperazine rings is 1.